The zero-order valence-electron chi connectivity index (χ0n) is 24.3. The molecule has 0 bridgehead atoms. The van der Waals surface area contributed by atoms with Crippen molar-refractivity contribution in [1.82, 2.24) is 10.2 Å². The highest BCUT2D eigenvalue weighted by Crippen LogP contribution is 2.14. The van der Waals surface area contributed by atoms with Crippen LogP contribution in [0.5, 0.6) is 0 Å². The molecule has 0 saturated heterocycles. The first kappa shape index (κ1) is 35.9. The van der Waals surface area contributed by atoms with E-state index in [1.54, 1.807) is 11.8 Å². The quantitative estimate of drug-likeness (QED) is 0.0853. The predicted octanol–water partition coefficient (Wildman–Crippen LogP) is 6.18. The Morgan fingerprint density at radius 3 is 1.73 bits per heavy atom. The van der Waals surface area contributed by atoms with E-state index in [1.807, 2.05) is 4.90 Å². The van der Waals surface area contributed by atoms with E-state index in [4.69, 9.17) is 11.5 Å². The Hall–Kier alpha value is -1.05. The topological polar surface area (TPSA) is 101 Å². The van der Waals surface area contributed by atoms with Crippen LogP contribution >= 0.6 is 11.8 Å². The van der Waals surface area contributed by atoms with Gasteiger partial charge >= 0.3 is 0 Å². The smallest absolute Gasteiger partial charge is 0.246 e. The lowest BCUT2D eigenvalue weighted by Crippen LogP contribution is -2.50. The van der Waals surface area contributed by atoms with Gasteiger partial charge in [-0.2, -0.15) is 11.8 Å². The average Bonchev–Trinajstić information content (AvgIpc) is 2.88. The van der Waals surface area contributed by atoms with Crippen LogP contribution < -0.4 is 16.8 Å². The van der Waals surface area contributed by atoms with E-state index in [2.05, 4.69) is 24.4 Å². The van der Waals surface area contributed by atoms with Gasteiger partial charge in [0, 0.05) is 25.8 Å². The van der Waals surface area contributed by atoms with Crippen LogP contribution in [0.25, 0.3) is 0 Å². The molecule has 0 aliphatic carbocycles. The van der Waals surface area contributed by atoms with E-state index < -0.39 is 6.04 Å². The van der Waals surface area contributed by atoms with E-state index in [-0.39, 0.29) is 11.8 Å². The van der Waals surface area contributed by atoms with Crippen molar-refractivity contribution in [2.75, 3.05) is 37.7 Å². The van der Waals surface area contributed by atoms with Crippen LogP contribution in [-0.4, -0.2) is 60.4 Å². The summed E-state index contributed by atoms with van der Waals surface area (Å²) < 4.78 is 0. The highest BCUT2D eigenvalue weighted by molar-refractivity contribution is 7.99. The minimum Gasteiger partial charge on any atom is -0.344 e. The number of carbonyl (C=O) groups excluding carboxylic acids is 2. The number of allylic oxidation sites excluding steroid dienone is 2. The summed E-state index contributed by atoms with van der Waals surface area (Å²) in [5.41, 5.74) is 11.3. The van der Waals surface area contributed by atoms with Crippen molar-refractivity contribution in [2.24, 2.45) is 11.5 Å². The fourth-order valence-electron chi connectivity index (χ4n) is 4.37. The zero-order chi connectivity index (χ0) is 27.4. The van der Waals surface area contributed by atoms with Gasteiger partial charge in [0.15, 0.2) is 0 Å². The summed E-state index contributed by atoms with van der Waals surface area (Å²) in [5, 5.41) is 2.85. The molecule has 0 aliphatic rings. The highest BCUT2D eigenvalue weighted by atomic mass is 32.2. The Morgan fingerprint density at radius 2 is 1.24 bits per heavy atom. The molecule has 0 radical (unpaired) electrons. The third-order valence-corrected chi connectivity index (χ3v) is 7.73. The van der Waals surface area contributed by atoms with Crippen LogP contribution in [-0.2, 0) is 9.59 Å². The van der Waals surface area contributed by atoms with Gasteiger partial charge < -0.3 is 21.7 Å². The lowest BCUT2D eigenvalue weighted by Gasteiger charge is -2.27. The van der Waals surface area contributed by atoms with Gasteiger partial charge in [0.2, 0.25) is 11.8 Å². The van der Waals surface area contributed by atoms with Crippen LogP contribution in [0.1, 0.15) is 123 Å². The Morgan fingerprint density at radius 1 is 0.757 bits per heavy atom. The van der Waals surface area contributed by atoms with Gasteiger partial charge in [-0.15, -0.1) is 0 Å². The van der Waals surface area contributed by atoms with Gasteiger partial charge in [0.05, 0.1) is 0 Å². The Balaban J connectivity index is 3.86. The number of hydrogen-bond acceptors (Lipinski definition) is 5. The molecule has 0 fully saturated rings. The molecule has 5 N–H and O–H groups in total. The van der Waals surface area contributed by atoms with E-state index in [0.717, 1.165) is 25.0 Å². The maximum absolute atomic E-state index is 13.0. The number of rotatable bonds is 27. The molecule has 0 saturated carbocycles. The molecular formula is C30H60N4O2S. The normalized spacial score (nSPS) is 12.2. The Kier molecular flexibility index (Phi) is 27.2. The SMILES string of the molecule is CCCCCCCCCC=CCCCCCCCCSCC(NC(C)=O)C(=O)N(CCCN)CCCN. The van der Waals surface area contributed by atoms with Crippen molar-refractivity contribution in [3.8, 4) is 0 Å². The lowest BCUT2D eigenvalue weighted by molar-refractivity contribution is -0.135. The number of unbranched alkanes of at least 4 members (excludes halogenated alkanes) is 13. The van der Waals surface area contributed by atoms with Crippen molar-refractivity contribution < 1.29 is 9.59 Å². The van der Waals surface area contributed by atoms with Gasteiger partial charge in [-0.25, -0.2) is 0 Å². The van der Waals surface area contributed by atoms with Gasteiger partial charge in [-0.05, 0) is 63.8 Å². The number of thioether (sulfide) groups is 1. The number of nitrogens with zero attached hydrogens (tertiary/aromatic N) is 1. The largest absolute Gasteiger partial charge is 0.344 e. The monoisotopic (exact) mass is 540 g/mol. The lowest BCUT2D eigenvalue weighted by atomic mass is 10.1. The molecule has 0 aromatic rings. The molecule has 0 spiro atoms. The fraction of sp³-hybridized carbons (Fsp3) is 0.867. The molecule has 1 unspecified atom stereocenters. The number of carbonyl (C=O) groups is 2. The maximum atomic E-state index is 13.0. The summed E-state index contributed by atoms with van der Waals surface area (Å²) in [4.78, 5) is 26.5. The van der Waals surface area contributed by atoms with Crippen LogP contribution in [0, 0.1) is 0 Å². The highest BCUT2D eigenvalue weighted by Gasteiger charge is 2.24. The summed E-state index contributed by atoms with van der Waals surface area (Å²) in [6.45, 7) is 6.07. The summed E-state index contributed by atoms with van der Waals surface area (Å²) in [7, 11) is 0. The van der Waals surface area contributed by atoms with Crippen molar-refractivity contribution >= 4 is 23.6 Å². The molecular weight excluding hydrogens is 480 g/mol. The number of nitrogens with two attached hydrogens (primary N) is 2. The second-order valence-corrected chi connectivity index (χ2v) is 11.4. The van der Waals surface area contributed by atoms with Gasteiger partial charge in [0.1, 0.15) is 6.04 Å². The van der Waals surface area contributed by atoms with Crippen molar-refractivity contribution in [3.63, 3.8) is 0 Å². The molecule has 218 valence electrons. The third-order valence-electron chi connectivity index (χ3n) is 6.59. The summed E-state index contributed by atoms with van der Waals surface area (Å²) in [5.74, 6) is 1.46. The minimum atomic E-state index is -0.475. The van der Waals surface area contributed by atoms with Gasteiger partial charge in [-0.1, -0.05) is 83.3 Å². The first-order valence-electron chi connectivity index (χ1n) is 15.3. The molecule has 1 atom stereocenters. The van der Waals surface area contributed by atoms with Gasteiger partial charge in [-0.3, -0.25) is 9.59 Å². The molecule has 0 aromatic heterocycles. The van der Waals surface area contributed by atoms with Crippen LogP contribution in [0.2, 0.25) is 0 Å². The van der Waals surface area contributed by atoms with Crippen LogP contribution in [0.3, 0.4) is 0 Å². The average molecular weight is 541 g/mol. The number of hydrogen-bond donors (Lipinski definition) is 3. The van der Waals surface area contributed by atoms with Crippen LogP contribution in [0.15, 0.2) is 12.2 Å². The molecule has 37 heavy (non-hydrogen) atoms. The molecule has 6 nitrogen and oxygen atoms in total. The predicted molar refractivity (Wildman–Crippen MR) is 163 cm³/mol. The number of nitrogens with one attached hydrogen (secondary N) is 1. The second kappa shape index (κ2) is 28.0. The molecule has 0 aromatic carbocycles. The molecule has 0 rings (SSSR count). The summed E-state index contributed by atoms with van der Waals surface area (Å²) in [6, 6.07) is -0.475. The van der Waals surface area contributed by atoms with E-state index in [9.17, 15) is 9.59 Å². The van der Waals surface area contributed by atoms with E-state index >= 15 is 0 Å². The fourth-order valence-corrected chi connectivity index (χ4v) is 5.40. The molecule has 2 amide bonds. The first-order valence-corrected chi connectivity index (χ1v) is 16.4. The van der Waals surface area contributed by atoms with Crippen LogP contribution in [0.4, 0.5) is 0 Å². The maximum Gasteiger partial charge on any atom is 0.246 e. The van der Waals surface area contributed by atoms with Crippen molar-refractivity contribution in [3.05, 3.63) is 12.2 Å². The Labute approximate surface area is 233 Å². The van der Waals surface area contributed by atoms with Crippen molar-refractivity contribution in [1.29, 1.82) is 0 Å². The third kappa shape index (κ3) is 23.8. The molecule has 0 aliphatic heterocycles. The summed E-state index contributed by atoms with van der Waals surface area (Å²) in [6.07, 6.45) is 26.0. The van der Waals surface area contributed by atoms with Gasteiger partial charge in [0.25, 0.3) is 0 Å². The summed E-state index contributed by atoms with van der Waals surface area (Å²) >= 11 is 1.76. The van der Waals surface area contributed by atoms with E-state index in [0.29, 0.717) is 31.9 Å². The number of amides is 2. The zero-order valence-corrected chi connectivity index (χ0v) is 25.1. The molecule has 7 heteroatoms. The minimum absolute atomic E-state index is 0.0129. The second-order valence-electron chi connectivity index (χ2n) is 10.2. The Bertz CT molecular complexity index is 552. The van der Waals surface area contributed by atoms with E-state index in [1.165, 1.54) is 96.8 Å². The molecule has 0 heterocycles. The van der Waals surface area contributed by atoms with Crippen molar-refractivity contribution in [2.45, 2.75) is 129 Å². The standard InChI is InChI=1S/C30H60N4O2S/c1-3-4-5-6-7-8-9-10-11-12-13-14-15-16-17-18-19-26-37-27-29(33-28(2)35)30(36)34(24-20-22-31)25-21-23-32/h11-12,29H,3-10,13-27,31-32H2,1-2H3,(H,33,35). The first-order chi connectivity index (χ1) is 18.1.